The second kappa shape index (κ2) is 12.5. The summed E-state index contributed by atoms with van der Waals surface area (Å²) in [5, 5.41) is 2.07. The number of nitrogens with zero attached hydrogens (tertiary/aromatic N) is 3. The first-order valence-electron chi connectivity index (χ1n) is 12.7. The Morgan fingerprint density at radius 1 is 0.878 bits per heavy atom. The summed E-state index contributed by atoms with van der Waals surface area (Å²) in [6.07, 6.45) is 0. The third-order valence-electron chi connectivity index (χ3n) is 6.46. The molecule has 0 aliphatic carbocycles. The van der Waals surface area contributed by atoms with Gasteiger partial charge in [-0.15, -0.1) is 0 Å². The van der Waals surface area contributed by atoms with E-state index >= 15 is 0 Å². The molecule has 0 spiro atoms. The smallest absolute Gasteiger partial charge is 0.338 e. The number of aliphatic imine (C=N–C) groups is 1. The van der Waals surface area contributed by atoms with Crippen LogP contribution < -0.4 is 5.73 Å². The molecule has 1 heterocycles. The normalized spacial score (nSPS) is 11.7. The Morgan fingerprint density at radius 2 is 1.63 bits per heavy atom. The monoisotopic (exact) mass is 624 g/mol. The highest BCUT2D eigenvalue weighted by Crippen LogP contribution is 2.30. The Hall–Kier alpha value is -3.55. The molecule has 5 rings (SSSR count). The molecule has 41 heavy (non-hydrogen) atoms. The van der Waals surface area contributed by atoms with E-state index in [0.717, 1.165) is 27.8 Å². The van der Waals surface area contributed by atoms with Gasteiger partial charge in [0.15, 0.2) is 0 Å². The highest BCUT2D eigenvalue weighted by Gasteiger charge is 2.17. The number of fused-ring (bicyclic) bond motifs is 1. The summed E-state index contributed by atoms with van der Waals surface area (Å²) >= 11 is 24.8. The number of rotatable bonds is 8. The molecular formula is C31H24Cl4N4O2. The van der Waals surface area contributed by atoms with Gasteiger partial charge in [-0.25, -0.2) is 9.78 Å². The summed E-state index contributed by atoms with van der Waals surface area (Å²) in [6.45, 7) is 2.87. The molecule has 0 radical (unpaired) electrons. The van der Waals surface area contributed by atoms with Crippen molar-refractivity contribution in [2.24, 2.45) is 10.7 Å². The number of nitrogens with two attached hydrogens (primary N) is 1. The molecule has 0 fully saturated rings. The lowest BCUT2D eigenvalue weighted by atomic mass is 10.1. The van der Waals surface area contributed by atoms with E-state index in [2.05, 4.69) is 9.56 Å². The fourth-order valence-corrected chi connectivity index (χ4v) is 5.16. The van der Waals surface area contributed by atoms with Crippen LogP contribution in [0.2, 0.25) is 20.1 Å². The van der Waals surface area contributed by atoms with Crippen molar-refractivity contribution < 1.29 is 9.53 Å². The van der Waals surface area contributed by atoms with Crippen molar-refractivity contribution in [2.75, 3.05) is 6.61 Å². The average Bonchev–Trinajstić information content (AvgIpc) is 3.32. The van der Waals surface area contributed by atoms with Crippen molar-refractivity contribution in [3.8, 4) is 11.4 Å². The van der Waals surface area contributed by atoms with Crippen LogP contribution in [0.1, 0.15) is 34.0 Å². The summed E-state index contributed by atoms with van der Waals surface area (Å²) in [5.41, 5.74) is 11.6. The Balaban J connectivity index is 1.50. The molecule has 0 atom stereocenters. The molecule has 4 aromatic carbocycles. The number of carbonyl (C=O) groups excluding carboxylic acids is 1. The van der Waals surface area contributed by atoms with Gasteiger partial charge in [0.2, 0.25) is 0 Å². The number of aromatic nitrogens is 2. The van der Waals surface area contributed by atoms with Gasteiger partial charge in [-0.1, -0.05) is 82.8 Å². The predicted octanol–water partition coefficient (Wildman–Crippen LogP) is 8.45. The van der Waals surface area contributed by atoms with Crippen LogP contribution in [0.15, 0.2) is 83.9 Å². The van der Waals surface area contributed by atoms with Crippen molar-refractivity contribution in [3.63, 3.8) is 0 Å². The third kappa shape index (κ3) is 6.52. The van der Waals surface area contributed by atoms with E-state index in [-0.39, 0.29) is 6.61 Å². The zero-order valence-corrected chi connectivity index (χ0v) is 24.9. The molecule has 0 saturated carbocycles. The molecule has 0 saturated heterocycles. The standard InChI is InChI=1S/C31H24Cl4N4O2/c1-2-41-31(40)21-9-12-28-27(14-21)38-30(39(28)17-22-8-10-23(32)15-25(22)34)20-6-4-19(5-7-20)29(36)37-16-18-3-11-24(33)26(35)13-18/h3-15H,2,16-17H2,1H3,(H2,36,37). The first kappa shape index (κ1) is 29.0. The average molecular weight is 626 g/mol. The lowest BCUT2D eigenvalue weighted by molar-refractivity contribution is 0.0526. The molecule has 0 aliphatic rings. The van der Waals surface area contributed by atoms with Gasteiger partial charge in [-0.05, 0) is 60.5 Å². The van der Waals surface area contributed by atoms with Crippen LogP contribution in [0.5, 0.6) is 0 Å². The maximum absolute atomic E-state index is 12.4. The largest absolute Gasteiger partial charge is 0.462 e. The number of esters is 1. The van der Waals surface area contributed by atoms with Crippen molar-refractivity contribution in [2.45, 2.75) is 20.0 Å². The zero-order valence-electron chi connectivity index (χ0n) is 21.9. The van der Waals surface area contributed by atoms with Crippen LogP contribution in [-0.2, 0) is 17.8 Å². The van der Waals surface area contributed by atoms with E-state index in [1.54, 1.807) is 43.3 Å². The van der Waals surface area contributed by atoms with Crippen LogP contribution in [0.4, 0.5) is 0 Å². The molecule has 5 aromatic rings. The fraction of sp³-hybridized carbons (Fsp3) is 0.129. The maximum atomic E-state index is 12.4. The molecule has 2 N–H and O–H groups in total. The first-order chi connectivity index (χ1) is 19.7. The second-order valence-electron chi connectivity index (χ2n) is 9.21. The SMILES string of the molecule is CCOC(=O)c1ccc2c(c1)nc(-c1ccc(C(N)=NCc3ccc(Cl)c(Cl)c3)cc1)n2Cc1ccc(Cl)cc1Cl. The van der Waals surface area contributed by atoms with Gasteiger partial charge in [-0.3, -0.25) is 4.99 Å². The number of hydrogen-bond acceptors (Lipinski definition) is 4. The quantitative estimate of drug-likeness (QED) is 0.107. The molecule has 0 amide bonds. The summed E-state index contributed by atoms with van der Waals surface area (Å²) in [6, 6.07) is 23.8. The zero-order chi connectivity index (χ0) is 29.1. The minimum absolute atomic E-state index is 0.290. The Bertz CT molecular complexity index is 1780. The maximum Gasteiger partial charge on any atom is 0.338 e. The van der Waals surface area contributed by atoms with E-state index in [1.165, 1.54) is 0 Å². The van der Waals surface area contributed by atoms with E-state index < -0.39 is 5.97 Å². The number of amidine groups is 1. The van der Waals surface area contributed by atoms with Gasteiger partial charge in [0, 0.05) is 21.2 Å². The highest BCUT2D eigenvalue weighted by atomic mass is 35.5. The number of carbonyl (C=O) groups is 1. The lowest BCUT2D eigenvalue weighted by Crippen LogP contribution is -2.13. The molecular weight excluding hydrogens is 602 g/mol. The van der Waals surface area contributed by atoms with Crippen molar-refractivity contribution in [3.05, 3.63) is 121 Å². The van der Waals surface area contributed by atoms with E-state index in [4.69, 9.17) is 61.9 Å². The fourth-order valence-electron chi connectivity index (χ4n) is 4.37. The van der Waals surface area contributed by atoms with Crippen LogP contribution >= 0.6 is 46.4 Å². The van der Waals surface area contributed by atoms with Crippen molar-refractivity contribution >= 4 is 69.2 Å². The number of halogens is 4. The van der Waals surface area contributed by atoms with Crippen LogP contribution in [-0.4, -0.2) is 28.0 Å². The summed E-state index contributed by atoms with van der Waals surface area (Å²) in [5.74, 6) is 0.694. The second-order valence-corrected chi connectivity index (χ2v) is 10.9. The summed E-state index contributed by atoms with van der Waals surface area (Å²) < 4.78 is 7.23. The molecule has 0 unspecified atom stereocenters. The third-order valence-corrected chi connectivity index (χ3v) is 7.78. The predicted molar refractivity (Wildman–Crippen MR) is 168 cm³/mol. The van der Waals surface area contributed by atoms with E-state index in [1.807, 2.05) is 42.5 Å². The molecule has 0 aliphatic heterocycles. The summed E-state index contributed by atoms with van der Waals surface area (Å²) in [7, 11) is 0. The van der Waals surface area contributed by atoms with Gasteiger partial charge in [0.05, 0.1) is 46.3 Å². The van der Waals surface area contributed by atoms with E-state index in [9.17, 15) is 4.79 Å². The van der Waals surface area contributed by atoms with Gasteiger partial charge in [0.25, 0.3) is 0 Å². The van der Waals surface area contributed by atoms with Crippen molar-refractivity contribution in [1.82, 2.24) is 9.55 Å². The number of hydrogen-bond donors (Lipinski definition) is 1. The van der Waals surface area contributed by atoms with Gasteiger partial charge in [-0.2, -0.15) is 0 Å². The molecule has 6 nitrogen and oxygen atoms in total. The minimum Gasteiger partial charge on any atom is -0.462 e. The van der Waals surface area contributed by atoms with Gasteiger partial charge < -0.3 is 15.0 Å². The molecule has 10 heteroatoms. The first-order valence-corrected chi connectivity index (χ1v) is 14.2. The van der Waals surface area contributed by atoms with Crippen LogP contribution in [0, 0.1) is 0 Å². The topological polar surface area (TPSA) is 82.5 Å². The van der Waals surface area contributed by atoms with Crippen molar-refractivity contribution in [1.29, 1.82) is 0 Å². The molecule has 208 valence electrons. The lowest BCUT2D eigenvalue weighted by Gasteiger charge is -2.12. The van der Waals surface area contributed by atoms with Crippen LogP contribution in [0.25, 0.3) is 22.4 Å². The number of imidazole rings is 1. The minimum atomic E-state index is -0.397. The van der Waals surface area contributed by atoms with Crippen LogP contribution in [0.3, 0.4) is 0 Å². The van der Waals surface area contributed by atoms with Gasteiger partial charge in [0.1, 0.15) is 11.7 Å². The Morgan fingerprint density at radius 3 is 2.34 bits per heavy atom. The molecule has 0 bridgehead atoms. The van der Waals surface area contributed by atoms with Gasteiger partial charge >= 0.3 is 5.97 Å². The van der Waals surface area contributed by atoms with E-state index in [0.29, 0.717) is 55.9 Å². The summed E-state index contributed by atoms with van der Waals surface area (Å²) in [4.78, 5) is 21.8. The Kier molecular flexibility index (Phi) is 8.85. The highest BCUT2D eigenvalue weighted by molar-refractivity contribution is 6.42. The Labute approximate surface area is 257 Å². The molecule has 1 aromatic heterocycles. The number of ether oxygens (including phenoxy) is 1. The number of benzene rings is 4.